The van der Waals surface area contributed by atoms with Crippen LogP contribution in [0, 0.1) is 0 Å². The lowest BCUT2D eigenvalue weighted by Crippen LogP contribution is -2.08. The number of para-hydroxylation sites is 2. The third-order valence-electron chi connectivity index (χ3n) is 3.34. The summed E-state index contributed by atoms with van der Waals surface area (Å²) in [7, 11) is 1.91. The number of hydrogen-bond donors (Lipinski definition) is 1. The highest BCUT2D eigenvalue weighted by Gasteiger charge is 2.09. The van der Waals surface area contributed by atoms with E-state index in [2.05, 4.69) is 40.1 Å². The van der Waals surface area contributed by atoms with Crippen molar-refractivity contribution in [2.24, 2.45) is 7.05 Å². The summed E-state index contributed by atoms with van der Waals surface area (Å²) in [6.45, 7) is 3.89. The third-order valence-corrected chi connectivity index (χ3v) is 3.34. The fraction of sp³-hybridized carbons (Fsp3) is 0.333. The first-order valence-corrected chi connectivity index (χ1v) is 6.94. The normalized spacial score (nSPS) is 11.1. The molecule has 3 aromatic rings. The van der Waals surface area contributed by atoms with Gasteiger partial charge in [0.05, 0.1) is 29.5 Å². The van der Waals surface area contributed by atoms with Crippen molar-refractivity contribution in [1.82, 2.24) is 19.3 Å². The first-order valence-electron chi connectivity index (χ1n) is 6.94. The van der Waals surface area contributed by atoms with Gasteiger partial charge in [0.25, 0.3) is 0 Å². The van der Waals surface area contributed by atoms with Gasteiger partial charge in [0.15, 0.2) is 0 Å². The fourth-order valence-electron chi connectivity index (χ4n) is 2.43. The average Bonchev–Trinajstić information content (AvgIpc) is 3.02. The molecule has 1 aromatic carbocycles. The van der Waals surface area contributed by atoms with Crippen LogP contribution in [0.3, 0.4) is 0 Å². The molecule has 0 amide bonds. The monoisotopic (exact) mass is 269 g/mol. The maximum atomic E-state index is 4.73. The predicted octanol–water partition coefficient (Wildman–Crippen LogP) is 2.79. The van der Waals surface area contributed by atoms with E-state index in [1.165, 1.54) is 5.52 Å². The van der Waals surface area contributed by atoms with Crippen LogP contribution in [0.2, 0.25) is 0 Å². The number of benzene rings is 1. The Morgan fingerprint density at radius 3 is 2.85 bits per heavy atom. The van der Waals surface area contributed by atoms with Crippen LogP contribution < -0.4 is 5.32 Å². The van der Waals surface area contributed by atoms with Crippen molar-refractivity contribution in [3.8, 4) is 0 Å². The molecule has 5 heteroatoms. The van der Waals surface area contributed by atoms with Gasteiger partial charge < -0.3 is 9.88 Å². The third kappa shape index (κ3) is 2.39. The number of imidazole rings is 1. The Balaban J connectivity index is 1.87. The summed E-state index contributed by atoms with van der Waals surface area (Å²) < 4.78 is 4.08. The van der Waals surface area contributed by atoms with Gasteiger partial charge in [0.2, 0.25) is 0 Å². The largest absolute Gasteiger partial charge is 0.375 e. The van der Waals surface area contributed by atoms with Gasteiger partial charge in [-0.2, -0.15) is 5.10 Å². The number of aromatic nitrogens is 4. The van der Waals surface area contributed by atoms with Gasteiger partial charge in [-0.3, -0.25) is 4.68 Å². The lowest BCUT2D eigenvalue weighted by atomic mass is 10.3. The second kappa shape index (κ2) is 5.36. The van der Waals surface area contributed by atoms with Crippen LogP contribution in [0.4, 0.5) is 5.69 Å². The molecule has 2 heterocycles. The molecular weight excluding hydrogens is 250 g/mol. The van der Waals surface area contributed by atoms with Crippen LogP contribution in [-0.2, 0) is 20.1 Å². The molecule has 0 unspecified atom stereocenters. The SMILES string of the molecule is CCCn1c(CNc2cnn(C)c2)nc2ccccc21. The first kappa shape index (κ1) is 12.7. The summed E-state index contributed by atoms with van der Waals surface area (Å²) in [6, 6.07) is 8.29. The number of nitrogens with one attached hydrogen (secondary N) is 1. The van der Waals surface area contributed by atoms with E-state index in [-0.39, 0.29) is 0 Å². The molecule has 0 saturated heterocycles. The summed E-state index contributed by atoms with van der Waals surface area (Å²) in [4.78, 5) is 4.73. The Hall–Kier alpha value is -2.30. The predicted molar refractivity (Wildman–Crippen MR) is 80.6 cm³/mol. The van der Waals surface area contributed by atoms with E-state index in [0.29, 0.717) is 6.54 Å². The van der Waals surface area contributed by atoms with Gasteiger partial charge in [0.1, 0.15) is 5.82 Å². The minimum atomic E-state index is 0.709. The van der Waals surface area contributed by atoms with Gasteiger partial charge in [-0.05, 0) is 18.6 Å². The van der Waals surface area contributed by atoms with E-state index in [4.69, 9.17) is 4.98 Å². The molecule has 0 radical (unpaired) electrons. The van der Waals surface area contributed by atoms with Crippen molar-refractivity contribution in [3.63, 3.8) is 0 Å². The Kier molecular flexibility index (Phi) is 3.41. The van der Waals surface area contributed by atoms with Crippen LogP contribution >= 0.6 is 0 Å². The lowest BCUT2D eigenvalue weighted by molar-refractivity contribution is 0.661. The first-order chi connectivity index (χ1) is 9.78. The Bertz CT molecular complexity index is 710. The van der Waals surface area contributed by atoms with Crippen molar-refractivity contribution in [2.75, 3.05) is 5.32 Å². The molecule has 0 aliphatic carbocycles. The quantitative estimate of drug-likeness (QED) is 0.774. The van der Waals surface area contributed by atoms with Crippen LogP contribution in [0.25, 0.3) is 11.0 Å². The molecule has 1 N–H and O–H groups in total. The van der Waals surface area contributed by atoms with Crippen molar-refractivity contribution < 1.29 is 0 Å². The minimum Gasteiger partial charge on any atom is -0.375 e. The number of nitrogens with zero attached hydrogens (tertiary/aromatic N) is 4. The molecule has 0 atom stereocenters. The van der Waals surface area contributed by atoms with Gasteiger partial charge in [0, 0.05) is 19.8 Å². The van der Waals surface area contributed by atoms with Crippen LogP contribution in [0.1, 0.15) is 19.2 Å². The van der Waals surface area contributed by atoms with Crippen LogP contribution in [0.15, 0.2) is 36.7 Å². The molecule has 0 aliphatic rings. The van der Waals surface area contributed by atoms with Crippen LogP contribution in [-0.4, -0.2) is 19.3 Å². The van der Waals surface area contributed by atoms with E-state index < -0.39 is 0 Å². The van der Waals surface area contributed by atoms with Crippen molar-refractivity contribution in [1.29, 1.82) is 0 Å². The molecular formula is C15H19N5. The van der Waals surface area contributed by atoms with Crippen LogP contribution in [0.5, 0.6) is 0 Å². The zero-order chi connectivity index (χ0) is 13.9. The summed E-state index contributed by atoms with van der Waals surface area (Å²) >= 11 is 0. The number of rotatable bonds is 5. The van der Waals surface area contributed by atoms with E-state index in [1.807, 2.05) is 25.5 Å². The molecule has 104 valence electrons. The number of fused-ring (bicyclic) bond motifs is 1. The smallest absolute Gasteiger partial charge is 0.129 e. The van der Waals surface area contributed by atoms with Crippen molar-refractivity contribution in [3.05, 3.63) is 42.5 Å². The highest BCUT2D eigenvalue weighted by molar-refractivity contribution is 5.75. The zero-order valence-electron chi connectivity index (χ0n) is 11.9. The molecule has 0 fully saturated rings. The highest BCUT2D eigenvalue weighted by atomic mass is 15.3. The standard InChI is InChI=1S/C15H19N5/c1-3-8-20-14-7-5-4-6-13(14)18-15(20)10-16-12-9-17-19(2)11-12/h4-7,9,11,16H,3,8,10H2,1-2H3. The summed E-state index contributed by atoms with van der Waals surface area (Å²) in [6.07, 6.45) is 4.89. The van der Waals surface area contributed by atoms with E-state index in [1.54, 1.807) is 4.68 Å². The molecule has 2 aromatic heterocycles. The second-order valence-corrected chi connectivity index (χ2v) is 4.92. The average molecular weight is 269 g/mol. The fourth-order valence-corrected chi connectivity index (χ4v) is 2.43. The second-order valence-electron chi connectivity index (χ2n) is 4.92. The molecule has 0 bridgehead atoms. The van der Waals surface area contributed by atoms with E-state index in [9.17, 15) is 0 Å². The van der Waals surface area contributed by atoms with Crippen molar-refractivity contribution in [2.45, 2.75) is 26.4 Å². The number of hydrogen-bond acceptors (Lipinski definition) is 3. The van der Waals surface area contributed by atoms with Crippen molar-refractivity contribution >= 4 is 16.7 Å². The summed E-state index contributed by atoms with van der Waals surface area (Å²) in [5, 5.41) is 7.53. The Morgan fingerprint density at radius 1 is 1.25 bits per heavy atom. The number of anilines is 1. The van der Waals surface area contributed by atoms with E-state index in [0.717, 1.165) is 30.0 Å². The van der Waals surface area contributed by atoms with E-state index >= 15 is 0 Å². The molecule has 0 aliphatic heterocycles. The van der Waals surface area contributed by atoms with Gasteiger partial charge in [-0.1, -0.05) is 19.1 Å². The minimum absolute atomic E-state index is 0.709. The van der Waals surface area contributed by atoms with Gasteiger partial charge in [-0.15, -0.1) is 0 Å². The number of aryl methyl sites for hydroxylation is 2. The molecule has 5 nitrogen and oxygen atoms in total. The summed E-state index contributed by atoms with van der Waals surface area (Å²) in [5.41, 5.74) is 3.28. The Morgan fingerprint density at radius 2 is 2.10 bits per heavy atom. The zero-order valence-corrected chi connectivity index (χ0v) is 11.9. The maximum absolute atomic E-state index is 4.73. The molecule has 0 saturated carbocycles. The lowest BCUT2D eigenvalue weighted by Gasteiger charge is -2.08. The van der Waals surface area contributed by atoms with Gasteiger partial charge >= 0.3 is 0 Å². The highest BCUT2D eigenvalue weighted by Crippen LogP contribution is 2.17. The molecule has 0 spiro atoms. The van der Waals surface area contributed by atoms with Gasteiger partial charge in [-0.25, -0.2) is 4.98 Å². The topological polar surface area (TPSA) is 47.7 Å². The maximum Gasteiger partial charge on any atom is 0.129 e. The summed E-state index contributed by atoms with van der Waals surface area (Å²) in [5.74, 6) is 1.07. The Labute approximate surface area is 118 Å². The molecule has 20 heavy (non-hydrogen) atoms. The molecule has 3 rings (SSSR count).